The van der Waals surface area contributed by atoms with Crippen molar-refractivity contribution in [1.82, 2.24) is 15.6 Å². The summed E-state index contributed by atoms with van der Waals surface area (Å²) < 4.78 is 0. The van der Waals surface area contributed by atoms with Gasteiger partial charge >= 0.3 is 5.97 Å². The highest BCUT2D eigenvalue weighted by atomic mass is 16.4. The second kappa shape index (κ2) is 5.59. The van der Waals surface area contributed by atoms with E-state index in [1.807, 2.05) is 0 Å². The van der Waals surface area contributed by atoms with Crippen molar-refractivity contribution < 1.29 is 14.7 Å². The van der Waals surface area contributed by atoms with E-state index in [2.05, 4.69) is 15.6 Å². The van der Waals surface area contributed by atoms with Crippen molar-refractivity contribution in [2.75, 3.05) is 13.1 Å². The number of hydrogen-bond donors (Lipinski definition) is 3. The molecule has 1 aliphatic rings. The van der Waals surface area contributed by atoms with Crippen LogP contribution in [0.1, 0.15) is 33.7 Å². The molecule has 2 rings (SSSR count). The molecule has 18 heavy (non-hydrogen) atoms. The molecular weight excluding hydrogens is 234 g/mol. The zero-order valence-corrected chi connectivity index (χ0v) is 9.85. The molecule has 0 saturated carbocycles. The van der Waals surface area contributed by atoms with Gasteiger partial charge in [-0.05, 0) is 38.1 Å². The van der Waals surface area contributed by atoms with Gasteiger partial charge in [0, 0.05) is 12.2 Å². The number of aromatic nitrogens is 1. The monoisotopic (exact) mass is 249 g/mol. The number of nitrogens with zero attached hydrogens (tertiary/aromatic N) is 1. The van der Waals surface area contributed by atoms with E-state index in [-0.39, 0.29) is 17.6 Å². The minimum Gasteiger partial charge on any atom is -0.477 e. The van der Waals surface area contributed by atoms with E-state index in [9.17, 15) is 9.59 Å². The maximum atomic E-state index is 11.9. The number of hydrogen-bond acceptors (Lipinski definition) is 4. The summed E-state index contributed by atoms with van der Waals surface area (Å²) in [7, 11) is 0. The minimum absolute atomic E-state index is 0.0617. The van der Waals surface area contributed by atoms with E-state index in [0.717, 1.165) is 25.9 Å². The third-order valence-corrected chi connectivity index (χ3v) is 2.92. The minimum atomic E-state index is -1.10. The fourth-order valence-corrected chi connectivity index (χ4v) is 1.89. The number of rotatable bonds is 3. The van der Waals surface area contributed by atoms with E-state index in [1.54, 1.807) is 0 Å². The summed E-state index contributed by atoms with van der Waals surface area (Å²) >= 11 is 0. The van der Waals surface area contributed by atoms with Crippen molar-refractivity contribution >= 4 is 11.9 Å². The predicted molar refractivity (Wildman–Crippen MR) is 64.6 cm³/mol. The summed E-state index contributed by atoms with van der Waals surface area (Å²) in [5.41, 5.74) is 0.326. The van der Waals surface area contributed by atoms with Crippen molar-refractivity contribution in [3.05, 3.63) is 29.6 Å². The molecule has 1 fully saturated rings. The lowest BCUT2D eigenvalue weighted by Gasteiger charge is -2.23. The standard InChI is InChI=1S/C12H15N3O3/c16-11(15-9-3-5-13-6-4-9)8-1-2-10(12(17)18)14-7-8/h1-2,7,9,13H,3-6H2,(H,15,16)(H,17,18). The molecule has 0 atom stereocenters. The molecule has 1 aromatic heterocycles. The number of carbonyl (C=O) groups excluding carboxylic acids is 1. The molecule has 1 aliphatic heterocycles. The average Bonchev–Trinajstić information content (AvgIpc) is 2.40. The third-order valence-electron chi connectivity index (χ3n) is 2.92. The van der Waals surface area contributed by atoms with E-state index in [1.165, 1.54) is 18.3 Å². The van der Waals surface area contributed by atoms with Gasteiger partial charge < -0.3 is 15.7 Å². The topological polar surface area (TPSA) is 91.3 Å². The van der Waals surface area contributed by atoms with Crippen molar-refractivity contribution in [2.24, 2.45) is 0 Å². The fourth-order valence-electron chi connectivity index (χ4n) is 1.89. The van der Waals surface area contributed by atoms with Crippen LogP contribution in [0.2, 0.25) is 0 Å². The number of pyridine rings is 1. The quantitative estimate of drug-likeness (QED) is 0.715. The second-order valence-electron chi connectivity index (χ2n) is 4.24. The predicted octanol–water partition coefficient (Wildman–Crippen LogP) is 0.262. The first-order valence-corrected chi connectivity index (χ1v) is 5.88. The number of carboxylic acids is 1. The van der Waals surface area contributed by atoms with Gasteiger partial charge in [-0.3, -0.25) is 4.79 Å². The summed E-state index contributed by atoms with van der Waals surface area (Å²) in [6, 6.07) is 2.99. The van der Waals surface area contributed by atoms with Crippen LogP contribution in [0.3, 0.4) is 0 Å². The highest BCUT2D eigenvalue weighted by Gasteiger charge is 2.16. The van der Waals surface area contributed by atoms with Crippen molar-refractivity contribution in [3.8, 4) is 0 Å². The van der Waals surface area contributed by atoms with Gasteiger partial charge in [-0.1, -0.05) is 0 Å². The summed E-state index contributed by atoms with van der Waals surface area (Å²) in [6.45, 7) is 1.81. The highest BCUT2D eigenvalue weighted by Crippen LogP contribution is 2.05. The molecule has 0 aliphatic carbocycles. The van der Waals surface area contributed by atoms with Gasteiger partial charge in [0.1, 0.15) is 5.69 Å². The molecule has 1 saturated heterocycles. The van der Waals surface area contributed by atoms with Gasteiger partial charge in [-0.25, -0.2) is 9.78 Å². The number of carbonyl (C=O) groups is 2. The number of aromatic carboxylic acids is 1. The largest absolute Gasteiger partial charge is 0.477 e. The van der Waals surface area contributed by atoms with Crippen molar-refractivity contribution in [3.63, 3.8) is 0 Å². The summed E-state index contributed by atoms with van der Waals surface area (Å²) in [6.07, 6.45) is 3.11. The van der Waals surface area contributed by atoms with Crippen molar-refractivity contribution in [2.45, 2.75) is 18.9 Å². The Kier molecular flexibility index (Phi) is 3.88. The normalized spacial score (nSPS) is 16.2. The van der Waals surface area contributed by atoms with Gasteiger partial charge in [0.05, 0.1) is 5.56 Å². The Morgan fingerprint density at radius 1 is 1.33 bits per heavy atom. The zero-order valence-electron chi connectivity index (χ0n) is 9.85. The van der Waals surface area contributed by atoms with Crippen LogP contribution >= 0.6 is 0 Å². The average molecular weight is 249 g/mol. The maximum Gasteiger partial charge on any atom is 0.354 e. The van der Waals surface area contributed by atoms with Crippen LogP contribution < -0.4 is 10.6 Å². The zero-order chi connectivity index (χ0) is 13.0. The Morgan fingerprint density at radius 2 is 2.06 bits per heavy atom. The first-order chi connectivity index (χ1) is 8.66. The molecule has 6 nitrogen and oxygen atoms in total. The first-order valence-electron chi connectivity index (χ1n) is 5.88. The van der Waals surface area contributed by atoms with Crippen molar-refractivity contribution in [1.29, 1.82) is 0 Å². The Balaban J connectivity index is 1.97. The van der Waals surface area contributed by atoms with E-state index >= 15 is 0 Å². The molecule has 96 valence electrons. The Bertz CT molecular complexity index is 438. The van der Waals surface area contributed by atoms with E-state index in [0.29, 0.717) is 5.56 Å². The van der Waals surface area contributed by atoms with Crippen LogP contribution in [0.25, 0.3) is 0 Å². The lowest BCUT2D eigenvalue weighted by molar-refractivity contribution is 0.0689. The Labute approximate surface area is 104 Å². The summed E-state index contributed by atoms with van der Waals surface area (Å²) in [5.74, 6) is -1.30. The molecule has 1 amide bonds. The molecule has 6 heteroatoms. The number of amides is 1. The molecule has 0 aromatic carbocycles. The van der Waals surface area contributed by atoms with E-state index in [4.69, 9.17) is 5.11 Å². The fraction of sp³-hybridized carbons (Fsp3) is 0.417. The smallest absolute Gasteiger partial charge is 0.354 e. The summed E-state index contributed by atoms with van der Waals surface area (Å²) in [5, 5.41) is 14.8. The number of carboxylic acid groups (broad SMARTS) is 1. The number of piperidine rings is 1. The maximum absolute atomic E-state index is 11.9. The molecule has 0 unspecified atom stereocenters. The van der Waals surface area contributed by atoms with Crippen LogP contribution in [0.15, 0.2) is 18.3 Å². The third kappa shape index (κ3) is 3.04. The van der Waals surface area contributed by atoms with Gasteiger partial charge in [-0.2, -0.15) is 0 Å². The lowest BCUT2D eigenvalue weighted by Crippen LogP contribution is -2.42. The van der Waals surface area contributed by atoms with Crippen LogP contribution in [-0.4, -0.2) is 41.1 Å². The van der Waals surface area contributed by atoms with Gasteiger partial charge in [0.25, 0.3) is 5.91 Å². The van der Waals surface area contributed by atoms with Crippen LogP contribution in [0.5, 0.6) is 0 Å². The highest BCUT2D eigenvalue weighted by molar-refractivity contribution is 5.95. The second-order valence-corrected chi connectivity index (χ2v) is 4.24. The molecule has 2 heterocycles. The van der Waals surface area contributed by atoms with Crippen LogP contribution in [-0.2, 0) is 0 Å². The Morgan fingerprint density at radius 3 is 2.61 bits per heavy atom. The molecule has 1 aromatic rings. The molecule has 0 radical (unpaired) electrons. The van der Waals surface area contributed by atoms with Gasteiger partial charge in [0.15, 0.2) is 0 Å². The molecular formula is C12H15N3O3. The van der Waals surface area contributed by atoms with Crippen LogP contribution in [0.4, 0.5) is 0 Å². The molecule has 3 N–H and O–H groups in total. The van der Waals surface area contributed by atoms with Gasteiger partial charge in [0.2, 0.25) is 0 Å². The van der Waals surface area contributed by atoms with Gasteiger partial charge in [-0.15, -0.1) is 0 Å². The SMILES string of the molecule is O=C(NC1CCNCC1)c1ccc(C(=O)O)nc1. The first kappa shape index (κ1) is 12.5. The molecule has 0 spiro atoms. The van der Waals surface area contributed by atoms with E-state index < -0.39 is 5.97 Å². The van der Waals surface area contributed by atoms with Crippen LogP contribution in [0, 0.1) is 0 Å². The number of nitrogens with one attached hydrogen (secondary N) is 2. The Hall–Kier alpha value is -1.95. The lowest BCUT2D eigenvalue weighted by atomic mass is 10.1. The summed E-state index contributed by atoms with van der Waals surface area (Å²) in [4.78, 5) is 26.2. The molecule has 0 bridgehead atoms.